The summed E-state index contributed by atoms with van der Waals surface area (Å²) in [6, 6.07) is 6.18. The van der Waals surface area contributed by atoms with Gasteiger partial charge in [-0.3, -0.25) is 4.90 Å². The van der Waals surface area contributed by atoms with Crippen LogP contribution in [-0.4, -0.2) is 24.0 Å². The van der Waals surface area contributed by atoms with Crippen LogP contribution in [0, 0.1) is 5.92 Å². The first kappa shape index (κ1) is 14.1. The predicted octanol–water partition coefficient (Wildman–Crippen LogP) is 3.55. The van der Waals surface area contributed by atoms with Gasteiger partial charge >= 0.3 is 0 Å². The van der Waals surface area contributed by atoms with Crippen LogP contribution < -0.4 is 5.73 Å². The Balaban J connectivity index is 2.11. The van der Waals surface area contributed by atoms with Crippen molar-refractivity contribution in [1.82, 2.24) is 4.90 Å². The molecule has 2 unspecified atom stereocenters. The topological polar surface area (TPSA) is 29.3 Å². The third-order valence-electron chi connectivity index (χ3n) is 3.86. The van der Waals surface area contributed by atoms with Gasteiger partial charge in [0.1, 0.15) is 0 Å². The second-order valence-corrected chi connectivity index (χ2v) is 5.97. The first-order valence-electron chi connectivity index (χ1n) is 6.50. The number of rotatable bonds is 3. The van der Waals surface area contributed by atoms with E-state index in [1.807, 2.05) is 18.2 Å². The first-order valence-corrected chi connectivity index (χ1v) is 7.25. The Kier molecular flexibility index (Phi) is 4.91. The van der Waals surface area contributed by atoms with Crippen molar-refractivity contribution in [2.24, 2.45) is 11.7 Å². The van der Waals surface area contributed by atoms with Crippen molar-refractivity contribution < 1.29 is 0 Å². The number of likely N-dealkylation sites (tertiary alicyclic amines) is 1. The van der Waals surface area contributed by atoms with Crippen molar-refractivity contribution >= 4 is 23.2 Å². The Morgan fingerprint density at radius 2 is 2.17 bits per heavy atom. The molecule has 1 aliphatic rings. The quantitative estimate of drug-likeness (QED) is 0.921. The lowest BCUT2D eigenvalue weighted by atomic mass is 9.90. The maximum atomic E-state index is 6.23. The highest BCUT2D eigenvalue weighted by Gasteiger charge is 2.27. The van der Waals surface area contributed by atoms with Crippen molar-refractivity contribution in [3.8, 4) is 0 Å². The van der Waals surface area contributed by atoms with E-state index in [0.29, 0.717) is 23.5 Å². The molecule has 0 aliphatic carbocycles. The maximum Gasteiger partial charge on any atom is 0.0465 e. The van der Waals surface area contributed by atoms with Crippen LogP contribution in [0.1, 0.15) is 25.3 Å². The molecule has 0 bridgehead atoms. The molecule has 0 spiro atoms. The number of nitrogens with two attached hydrogens (primary N) is 1. The van der Waals surface area contributed by atoms with Gasteiger partial charge in [-0.15, -0.1) is 0 Å². The number of hydrogen-bond donors (Lipinski definition) is 1. The van der Waals surface area contributed by atoms with Crippen LogP contribution in [0.4, 0.5) is 0 Å². The van der Waals surface area contributed by atoms with Crippen molar-refractivity contribution in [3.05, 3.63) is 33.8 Å². The zero-order valence-electron chi connectivity index (χ0n) is 10.7. The zero-order valence-corrected chi connectivity index (χ0v) is 12.2. The van der Waals surface area contributed by atoms with Crippen molar-refractivity contribution in [2.75, 3.05) is 13.1 Å². The van der Waals surface area contributed by atoms with Crippen molar-refractivity contribution in [2.45, 2.75) is 32.4 Å². The van der Waals surface area contributed by atoms with Gasteiger partial charge in [0.2, 0.25) is 0 Å². The van der Waals surface area contributed by atoms with Gasteiger partial charge in [-0.1, -0.05) is 36.2 Å². The monoisotopic (exact) mass is 286 g/mol. The second kappa shape index (κ2) is 6.25. The van der Waals surface area contributed by atoms with Crippen LogP contribution in [-0.2, 0) is 6.54 Å². The molecule has 1 fully saturated rings. The third kappa shape index (κ3) is 3.18. The van der Waals surface area contributed by atoms with Gasteiger partial charge in [0, 0.05) is 29.2 Å². The summed E-state index contributed by atoms with van der Waals surface area (Å²) in [5, 5.41) is 1.43. The van der Waals surface area contributed by atoms with Crippen LogP contribution in [0.15, 0.2) is 18.2 Å². The largest absolute Gasteiger partial charge is 0.329 e. The van der Waals surface area contributed by atoms with Gasteiger partial charge in [0.05, 0.1) is 0 Å². The molecular formula is C14H20Cl2N2. The highest BCUT2D eigenvalue weighted by atomic mass is 35.5. The van der Waals surface area contributed by atoms with E-state index in [4.69, 9.17) is 28.9 Å². The smallest absolute Gasteiger partial charge is 0.0465 e. The van der Waals surface area contributed by atoms with E-state index >= 15 is 0 Å². The highest BCUT2D eigenvalue weighted by Crippen LogP contribution is 2.27. The van der Waals surface area contributed by atoms with Crippen LogP contribution in [0.5, 0.6) is 0 Å². The lowest BCUT2D eigenvalue weighted by Crippen LogP contribution is -2.48. The van der Waals surface area contributed by atoms with E-state index in [-0.39, 0.29) is 0 Å². The van der Waals surface area contributed by atoms with Gasteiger partial charge in [0.25, 0.3) is 0 Å². The zero-order chi connectivity index (χ0) is 13.1. The van der Waals surface area contributed by atoms with E-state index in [2.05, 4.69) is 11.8 Å². The normalized spacial score (nSPS) is 25.3. The summed E-state index contributed by atoms with van der Waals surface area (Å²) in [6.45, 7) is 4.97. The number of nitrogens with zero attached hydrogens (tertiary/aromatic N) is 1. The maximum absolute atomic E-state index is 6.23. The van der Waals surface area contributed by atoms with Gasteiger partial charge in [0.15, 0.2) is 0 Å². The SMILES string of the molecule is CC1CCCN(Cc2ccc(Cl)cc2Cl)C1CN. The minimum absolute atomic E-state index is 0.463. The molecule has 0 radical (unpaired) electrons. The van der Waals surface area contributed by atoms with Gasteiger partial charge < -0.3 is 5.73 Å². The van der Waals surface area contributed by atoms with E-state index < -0.39 is 0 Å². The van der Waals surface area contributed by atoms with E-state index in [0.717, 1.165) is 23.7 Å². The summed E-state index contributed by atoms with van der Waals surface area (Å²) in [6.07, 6.45) is 2.51. The second-order valence-electron chi connectivity index (χ2n) is 5.13. The van der Waals surface area contributed by atoms with Crippen molar-refractivity contribution in [1.29, 1.82) is 0 Å². The van der Waals surface area contributed by atoms with Crippen LogP contribution in [0.25, 0.3) is 0 Å². The molecule has 18 heavy (non-hydrogen) atoms. The fraction of sp³-hybridized carbons (Fsp3) is 0.571. The third-order valence-corrected chi connectivity index (χ3v) is 4.45. The Bertz CT molecular complexity index is 409. The highest BCUT2D eigenvalue weighted by molar-refractivity contribution is 6.35. The van der Waals surface area contributed by atoms with Crippen LogP contribution in [0.3, 0.4) is 0 Å². The summed E-state index contributed by atoms with van der Waals surface area (Å²) in [7, 11) is 0. The lowest BCUT2D eigenvalue weighted by molar-refractivity contribution is 0.0991. The summed E-state index contributed by atoms with van der Waals surface area (Å²) in [5.41, 5.74) is 7.04. The molecule has 1 aromatic carbocycles. The summed E-state index contributed by atoms with van der Waals surface area (Å²) in [5.74, 6) is 0.662. The van der Waals surface area contributed by atoms with Crippen molar-refractivity contribution in [3.63, 3.8) is 0 Å². The Labute approximate surface area is 119 Å². The first-order chi connectivity index (χ1) is 8.61. The molecule has 0 saturated carbocycles. The number of halogens is 2. The predicted molar refractivity (Wildman–Crippen MR) is 78.1 cm³/mol. The van der Waals surface area contributed by atoms with Crippen LogP contribution in [0.2, 0.25) is 10.0 Å². The lowest BCUT2D eigenvalue weighted by Gasteiger charge is -2.39. The fourth-order valence-corrected chi connectivity index (χ4v) is 3.25. The Morgan fingerprint density at radius 1 is 1.39 bits per heavy atom. The molecule has 2 atom stereocenters. The minimum Gasteiger partial charge on any atom is -0.329 e. The van der Waals surface area contributed by atoms with Gasteiger partial charge in [-0.05, 0) is 43.0 Å². The minimum atomic E-state index is 0.463. The number of hydrogen-bond acceptors (Lipinski definition) is 2. The molecule has 0 aromatic heterocycles. The summed E-state index contributed by atoms with van der Waals surface area (Å²) in [4.78, 5) is 2.45. The van der Waals surface area contributed by atoms with Gasteiger partial charge in [-0.25, -0.2) is 0 Å². The molecule has 1 heterocycles. The molecule has 1 aromatic rings. The standard InChI is InChI=1S/C14H20Cl2N2/c1-10-3-2-6-18(14(10)8-17)9-11-4-5-12(15)7-13(11)16/h4-5,7,10,14H,2-3,6,8-9,17H2,1H3. The average Bonchev–Trinajstić information content (AvgIpc) is 2.33. The molecule has 2 nitrogen and oxygen atoms in total. The van der Waals surface area contributed by atoms with E-state index in [1.165, 1.54) is 12.8 Å². The number of piperidine rings is 1. The fourth-order valence-electron chi connectivity index (χ4n) is 2.78. The van der Waals surface area contributed by atoms with Crippen LogP contribution >= 0.6 is 23.2 Å². The molecule has 1 aliphatic heterocycles. The molecular weight excluding hydrogens is 267 g/mol. The number of benzene rings is 1. The summed E-state index contributed by atoms with van der Waals surface area (Å²) >= 11 is 12.2. The summed E-state index contributed by atoms with van der Waals surface area (Å²) < 4.78 is 0. The van der Waals surface area contributed by atoms with Gasteiger partial charge in [-0.2, -0.15) is 0 Å². The molecule has 4 heteroatoms. The molecule has 100 valence electrons. The average molecular weight is 287 g/mol. The molecule has 2 rings (SSSR count). The Hall–Kier alpha value is -0.280. The molecule has 0 amide bonds. The van der Waals surface area contributed by atoms with E-state index in [9.17, 15) is 0 Å². The Morgan fingerprint density at radius 3 is 2.83 bits per heavy atom. The molecule has 1 saturated heterocycles. The van der Waals surface area contributed by atoms with E-state index in [1.54, 1.807) is 0 Å². The molecule has 2 N–H and O–H groups in total.